The number of rotatable bonds is 5. The second kappa shape index (κ2) is 5.97. The van der Waals surface area contributed by atoms with E-state index in [2.05, 4.69) is 9.97 Å². The van der Waals surface area contributed by atoms with Gasteiger partial charge in [-0.15, -0.1) is 0 Å². The Morgan fingerprint density at radius 1 is 1.17 bits per heavy atom. The van der Waals surface area contributed by atoms with Crippen LogP contribution in [0.1, 0.15) is 11.3 Å². The van der Waals surface area contributed by atoms with Crippen LogP contribution in [0.25, 0.3) is 0 Å². The first-order chi connectivity index (χ1) is 8.78. The van der Waals surface area contributed by atoms with Crippen LogP contribution in [0.2, 0.25) is 0 Å². The Bertz CT molecular complexity index is 500. The molecule has 3 N–H and O–H groups in total. The van der Waals surface area contributed by atoms with E-state index in [-0.39, 0.29) is 12.6 Å². The largest absolute Gasteiger partial charge is 0.487 e. The van der Waals surface area contributed by atoms with Crippen LogP contribution in [0.15, 0.2) is 36.5 Å². The number of hydrogen-bond donors (Lipinski definition) is 2. The van der Waals surface area contributed by atoms with Gasteiger partial charge in [0.2, 0.25) is 5.95 Å². The number of aliphatic hydroxyl groups is 1. The molecule has 0 saturated heterocycles. The van der Waals surface area contributed by atoms with E-state index in [4.69, 9.17) is 15.6 Å². The number of aliphatic hydroxyl groups excluding tert-OH is 1. The van der Waals surface area contributed by atoms with Gasteiger partial charge < -0.3 is 15.6 Å². The first-order valence-corrected chi connectivity index (χ1v) is 5.68. The average molecular weight is 245 g/mol. The second-order valence-corrected chi connectivity index (χ2v) is 3.81. The normalized spacial score (nSPS) is 10.3. The Labute approximate surface area is 105 Å². The van der Waals surface area contributed by atoms with E-state index in [0.717, 1.165) is 17.0 Å². The number of benzene rings is 1. The molecule has 0 spiro atoms. The highest BCUT2D eigenvalue weighted by Crippen LogP contribution is 2.14. The van der Waals surface area contributed by atoms with Crippen LogP contribution < -0.4 is 10.5 Å². The minimum atomic E-state index is 0.153. The van der Waals surface area contributed by atoms with E-state index in [1.807, 2.05) is 24.3 Å². The van der Waals surface area contributed by atoms with Crippen molar-refractivity contribution in [3.63, 3.8) is 0 Å². The van der Waals surface area contributed by atoms with Gasteiger partial charge in [0.1, 0.15) is 12.4 Å². The Morgan fingerprint density at radius 2 is 1.94 bits per heavy atom. The number of anilines is 1. The van der Waals surface area contributed by atoms with Crippen LogP contribution in [0.4, 0.5) is 5.95 Å². The van der Waals surface area contributed by atoms with E-state index in [9.17, 15) is 0 Å². The van der Waals surface area contributed by atoms with Crippen molar-refractivity contribution in [2.75, 3.05) is 12.3 Å². The van der Waals surface area contributed by atoms with Gasteiger partial charge in [-0.1, -0.05) is 12.1 Å². The van der Waals surface area contributed by atoms with Crippen LogP contribution in [-0.4, -0.2) is 21.7 Å². The molecule has 0 atom stereocenters. The third kappa shape index (κ3) is 3.43. The highest BCUT2D eigenvalue weighted by molar-refractivity contribution is 5.27. The molecule has 0 aliphatic rings. The van der Waals surface area contributed by atoms with Crippen molar-refractivity contribution in [2.45, 2.75) is 13.0 Å². The number of nitrogen functional groups attached to an aromatic ring is 1. The van der Waals surface area contributed by atoms with Gasteiger partial charge in [0.05, 0.1) is 5.69 Å². The summed E-state index contributed by atoms with van der Waals surface area (Å²) in [5, 5.41) is 8.81. The fraction of sp³-hybridized carbons (Fsp3) is 0.231. The number of aromatic nitrogens is 2. The monoisotopic (exact) mass is 245 g/mol. The lowest BCUT2D eigenvalue weighted by Gasteiger charge is -2.06. The maximum Gasteiger partial charge on any atom is 0.220 e. The summed E-state index contributed by atoms with van der Waals surface area (Å²) in [4.78, 5) is 7.86. The molecule has 0 fully saturated rings. The molecule has 0 radical (unpaired) electrons. The quantitative estimate of drug-likeness (QED) is 0.826. The lowest BCUT2D eigenvalue weighted by molar-refractivity contribution is 0.297. The minimum absolute atomic E-state index is 0.153. The lowest BCUT2D eigenvalue weighted by Crippen LogP contribution is -2.02. The van der Waals surface area contributed by atoms with Gasteiger partial charge in [0.25, 0.3) is 0 Å². The molecule has 0 aliphatic carbocycles. The molecule has 1 heterocycles. The molecule has 1 aromatic carbocycles. The van der Waals surface area contributed by atoms with Crippen LogP contribution in [0.3, 0.4) is 0 Å². The zero-order chi connectivity index (χ0) is 12.8. The maximum absolute atomic E-state index is 8.81. The summed E-state index contributed by atoms with van der Waals surface area (Å²) in [5.41, 5.74) is 7.30. The molecular formula is C13H15N3O2. The molecule has 18 heavy (non-hydrogen) atoms. The summed E-state index contributed by atoms with van der Waals surface area (Å²) in [7, 11) is 0. The average Bonchev–Trinajstić information content (AvgIpc) is 2.38. The van der Waals surface area contributed by atoms with Gasteiger partial charge >= 0.3 is 0 Å². The molecule has 0 amide bonds. The summed E-state index contributed by atoms with van der Waals surface area (Å²) in [6.07, 6.45) is 2.26. The van der Waals surface area contributed by atoms with Gasteiger partial charge in [0, 0.05) is 12.8 Å². The third-order valence-corrected chi connectivity index (χ3v) is 2.44. The van der Waals surface area contributed by atoms with Crippen molar-refractivity contribution < 1.29 is 9.84 Å². The highest BCUT2D eigenvalue weighted by Gasteiger charge is 1.99. The van der Waals surface area contributed by atoms with E-state index in [0.29, 0.717) is 13.0 Å². The predicted molar refractivity (Wildman–Crippen MR) is 68.0 cm³/mol. The van der Waals surface area contributed by atoms with Gasteiger partial charge in [-0.2, -0.15) is 0 Å². The second-order valence-electron chi connectivity index (χ2n) is 3.81. The molecule has 5 nitrogen and oxygen atoms in total. The Balaban J connectivity index is 1.93. The molecule has 2 rings (SSSR count). The molecule has 1 aromatic heterocycles. The molecule has 5 heteroatoms. The molecular weight excluding hydrogens is 230 g/mol. The fourth-order valence-corrected chi connectivity index (χ4v) is 1.53. The lowest BCUT2D eigenvalue weighted by atomic mass is 10.1. The molecule has 2 aromatic rings. The van der Waals surface area contributed by atoms with Crippen LogP contribution in [-0.2, 0) is 13.0 Å². The molecule has 0 bridgehead atoms. The highest BCUT2D eigenvalue weighted by atomic mass is 16.5. The van der Waals surface area contributed by atoms with Crippen molar-refractivity contribution in [1.82, 2.24) is 9.97 Å². The fourth-order valence-electron chi connectivity index (χ4n) is 1.53. The Morgan fingerprint density at radius 3 is 2.61 bits per heavy atom. The van der Waals surface area contributed by atoms with Crippen LogP contribution >= 0.6 is 0 Å². The third-order valence-electron chi connectivity index (χ3n) is 2.44. The van der Waals surface area contributed by atoms with Gasteiger partial charge in [-0.05, 0) is 30.2 Å². The van der Waals surface area contributed by atoms with Crippen molar-refractivity contribution in [2.24, 2.45) is 0 Å². The van der Waals surface area contributed by atoms with Crippen molar-refractivity contribution in [3.05, 3.63) is 47.8 Å². The maximum atomic E-state index is 8.81. The summed E-state index contributed by atoms with van der Waals surface area (Å²) < 4.78 is 5.57. The smallest absolute Gasteiger partial charge is 0.220 e. The number of hydrogen-bond acceptors (Lipinski definition) is 5. The number of nitrogens with zero attached hydrogens (tertiary/aromatic N) is 2. The van der Waals surface area contributed by atoms with E-state index >= 15 is 0 Å². The Hall–Kier alpha value is -2.14. The first-order valence-electron chi connectivity index (χ1n) is 5.68. The molecule has 0 saturated carbocycles. The summed E-state index contributed by atoms with van der Waals surface area (Å²) in [6, 6.07) is 9.36. The van der Waals surface area contributed by atoms with Gasteiger partial charge in [-0.3, -0.25) is 0 Å². The van der Waals surface area contributed by atoms with Gasteiger partial charge in [0.15, 0.2) is 0 Å². The van der Waals surface area contributed by atoms with E-state index in [1.165, 1.54) is 0 Å². The Kier molecular flexibility index (Phi) is 4.09. The summed E-state index contributed by atoms with van der Waals surface area (Å²) >= 11 is 0. The van der Waals surface area contributed by atoms with Crippen molar-refractivity contribution >= 4 is 5.95 Å². The summed E-state index contributed by atoms with van der Waals surface area (Å²) in [6.45, 7) is 0.506. The number of ether oxygens (including phenoxy) is 1. The number of nitrogens with two attached hydrogens (primary N) is 1. The summed E-state index contributed by atoms with van der Waals surface area (Å²) in [5.74, 6) is 1.00. The van der Waals surface area contributed by atoms with E-state index in [1.54, 1.807) is 12.3 Å². The zero-order valence-corrected chi connectivity index (χ0v) is 9.91. The predicted octanol–water partition coefficient (Wildman–Crippen LogP) is 1.17. The van der Waals surface area contributed by atoms with Crippen LogP contribution in [0, 0.1) is 0 Å². The van der Waals surface area contributed by atoms with Crippen molar-refractivity contribution in [3.8, 4) is 5.75 Å². The zero-order valence-electron chi connectivity index (χ0n) is 9.91. The standard InChI is InChI=1S/C13H15N3O2/c14-13-15-7-5-11(16-13)9-18-12-3-1-10(2-4-12)6-8-17/h1-5,7,17H,6,8-9H2,(H2,14,15,16). The molecule has 0 aliphatic heterocycles. The van der Waals surface area contributed by atoms with E-state index < -0.39 is 0 Å². The minimum Gasteiger partial charge on any atom is -0.487 e. The molecule has 0 unspecified atom stereocenters. The molecule has 94 valence electrons. The van der Waals surface area contributed by atoms with Crippen molar-refractivity contribution in [1.29, 1.82) is 0 Å². The SMILES string of the molecule is Nc1nccc(COc2ccc(CCO)cc2)n1. The topological polar surface area (TPSA) is 81.3 Å². The van der Waals surface area contributed by atoms with Crippen LogP contribution in [0.5, 0.6) is 5.75 Å². The first kappa shape index (κ1) is 12.3. The van der Waals surface area contributed by atoms with Gasteiger partial charge in [-0.25, -0.2) is 9.97 Å².